The molecule has 24 heavy (non-hydrogen) atoms. The van der Waals surface area contributed by atoms with Crippen LogP contribution in [0.25, 0.3) is 0 Å². The first-order valence-electron chi connectivity index (χ1n) is 8.76. The molecule has 0 unspecified atom stereocenters. The van der Waals surface area contributed by atoms with Crippen molar-refractivity contribution in [1.29, 1.82) is 0 Å². The summed E-state index contributed by atoms with van der Waals surface area (Å²) < 4.78 is 1.93. The third kappa shape index (κ3) is 4.05. The Morgan fingerprint density at radius 2 is 2.25 bits per heavy atom. The van der Waals surface area contributed by atoms with E-state index in [0.717, 1.165) is 50.7 Å². The molecule has 0 spiro atoms. The SMILES string of the molecule is CCCCn1nnnc1CN(C)C[C@H]1CCCN1c1cccnn1. The average molecular weight is 330 g/mol. The summed E-state index contributed by atoms with van der Waals surface area (Å²) in [6.07, 6.45) is 6.34. The van der Waals surface area contributed by atoms with Crippen LogP contribution in [0.3, 0.4) is 0 Å². The summed E-state index contributed by atoms with van der Waals surface area (Å²) in [5.74, 6) is 1.91. The number of likely N-dealkylation sites (N-methyl/N-ethyl adjacent to an activating group) is 1. The van der Waals surface area contributed by atoms with E-state index in [1.54, 1.807) is 6.20 Å². The topological polar surface area (TPSA) is 75.9 Å². The summed E-state index contributed by atoms with van der Waals surface area (Å²) in [7, 11) is 2.13. The Morgan fingerprint density at radius 1 is 1.33 bits per heavy atom. The van der Waals surface area contributed by atoms with Gasteiger partial charge in [0.25, 0.3) is 0 Å². The Labute approximate surface area is 142 Å². The fraction of sp³-hybridized carbons (Fsp3) is 0.688. The van der Waals surface area contributed by atoms with Crippen LogP contribution in [0.5, 0.6) is 0 Å². The van der Waals surface area contributed by atoms with Gasteiger partial charge in [-0.3, -0.25) is 4.90 Å². The summed E-state index contributed by atoms with van der Waals surface area (Å²) in [5, 5.41) is 20.4. The molecule has 0 N–H and O–H groups in total. The number of unbranched alkanes of at least 4 members (excludes halogenated alkanes) is 1. The highest BCUT2D eigenvalue weighted by molar-refractivity contribution is 5.39. The van der Waals surface area contributed by atoms with E-state index < -0.39 is 0 Å². The van der Waals surface area contributed by atoms with Gasteiger partial charge in [0.1, 0.15) is 0 Å². The van der Waals surface area contributed by atoms with Crippen LogP contribution in [0.2, 0.25) is 0 Å². The van der Waals surface area contributed by atoms with E-state index in [-0.39, 0.29) is 0 Å². The summed E-state index contributed by atoms with van der Waals surface area (Å²) in [6, 6.07) is 4.45. The molecule has 2 aromatic heterocycles. The molecule has 1 aliphatic rings. The Balaban J connectivity index is 1.58. The number of hydrogen-bond acceptors (Lipinski definition) is 7. The molecule has 1 aliphatic heterocycles. The van der Waals surface area contributed by atoms with Crippen molar-refractivity contribution >= 4 is 5.82 Å². The van der Waals surface area contributed by atoms with Crippen LogP contribution in [0.1, 0.15) is 38.4 Å². The summed E-state index contributed by atoms with van der Waals surface area (Å²) in [6.45, 7) is 5.85. The Morgan fingerprint density at radius 3 is 3.04 bits per heavy atom. The van der Waals surface area contributed by atoms with Crippen LogP contribution >= 0.6 is 0 Å². The number of nitrogens with zero attached hydrogens (tertiary/aromatic N) is 8. The van der Waals surface area contributed by atoms with Crippen molar-refractivity contribution in [3.8, 4) is 0 Å². The van der Waals surface area contributed by atoms with Gasteiger partial charge >= 0.3 is 0 Å². The molecule has 0 aliphatic carbocycles. The Bertz CT molecular complexity index is 614. The molecule has 0 amide bonds. The van der Waals surface area contributed by atoms with Gasteiger partial charge in [-0.25, -0.2) is 4.68 Å². The van der Waals surface area contributed by atoms with Gasteiger partial charge in [-0.15, -0.1) is 10.2 Å². The van der Waals surface area contributed by atoms with E-state index in [0.29, 0.717) is 6.04 Å². The second kappa shape index (κ2) is 8.14. The Hall–Kier alpha value is -2.09. The number of anilines is 1. The van der Waals surface area contributed by atoms with Crippen LogP contribution in [-0.2, 0) is 13.1 Å². The van der Waals surface area contributed by atoms with Gasteiger partial charge in [0.15, 0.2) is 11.6 Å². The first-order valence-corrected chi connectivity index (χ1v) is 8.76. The maximum Gasteiger partial charge on any atom is 0.165 e. The minimum atomic E-state index is 0.465. The summed E-state index contributed by atoms with van der Waals surface area (Å²) >= 11 is 0. The van der Waals surface area contributed by atoms with E-state index in [4.69, 9.17) is 0 Å². The van der Waals surface area contributed by atoms with E-state index in [1.807, 2.05) is 16.8 Å². The number of tetrazole rings is 1. The van der Waals surface area contributed by atoms with Crippen LogP contribution in [0.4, 0.5) is 5.82 Å². The van der Waals surface area contributed by atoms with E-state index in [1.165, 1.54) is 12.8 Å². The van der Waals surface area contributed by atoms with Crippen LogP contribution in [-0.4, -0.2) is 61.5 Å². The van der Waals surface area contributed by atoms with Gasteiger partial charge in [-0.05, 0) is 48.9 Å². The van der Waals surface area contributed by atoms with Gasteiger partial charge < -0.3 is 4.90 Å². The molecule has 8 heteroatoms. The molecule has 2 aromatic rings. The standard InChI is InChI=1S/C16H26N8/c1-3-4-11-24-16(19-20-21-24)13-22(2)12-14-7-6-10-23(14)15-8-5-9-17-18-15/h5,8-9,14H,3-4,6-7,10-13H2,1-2H3/t14-/m1/s1. The smallest absolute Gasteiger partial charge is 0.165 e. The molecule has 0 aromatic carbocycles. The molecule has 8 nitrogen and oxygen atoms in total. The Kier molecular flexibility index (Phi) is 5.68. The van der Waals surface area contributed by atoms with Crippen molar-refractivity contribution in [1.82, 2.24) is 35.3 Å². The molecule has 3 rings (SSSR count). The van der Waals surface area contributed by atoms with Gasteiger partial charge in [0.2, 0.25) is 0 Å². The largest absolute Gasteiger partial charge is 0.351 e. The monoisotopic (exact) mass is 330 g/mol. The van der Waals surface area contributed by atoms with E-state index >= 15 is 0 Å². The highest BCUT2D eigenvalue weighted by Crippen LogP contribution is 2.23. The maximum atomic E-state index is 4.26. The predicted molar refractivity (Wildman–Crippen MR) is 91.5 cm³/mol. The zero-order valence-corrected chi connectivity index (χ0v) is 14.5. The quantitative estimate of drug-likeness (QED) is 0.723. The third-order valence-electron chi connectivity index (χ3n) is 4.49. The zero-order chi connectivity index (χ0) is 16.8. The highest BCUT2D eigenvalue weighted by atomic mass is 15.5. The molecular weight excluding hydrogens is 304 g/mol. The van der Waals surface area contributed by atoms with E-state index in [9.17, 15) is 0 Å². The molecule has 0 saturated carbocycles. The molecular formula is C16H26N8. The lowest BCUT2D eigenvalue weighted by Gasteiger charge is -2.28. The third-order valence-corrected chi connectivity index (χ3v) is 4.49. The molecule has 0 bridgehead atoms. The number of aromatic nitrogens is 6. The van der Waals surface area contributed by atoms with Gasteiger partial charge in [-0.1, -0.05) is 13.3 Å². The van der Waals surface area contributed by atoms with Crippen molar-refractivity contribution in [3.05, 3.63) is 24.2 Å². The summed E-state index contributed by atoms with van der Waals surface area (Å²) in [5.41, 5.74) is 0. The highest BCUT2D eigenvalue weighted by Gasteiger charge is 2.27. The number of aryl methyl sites for hydroxylation is 1. The average Bonchev–Trinajstić information content (AvgIpc) is 3.23. The van der Waals surface area contributed by atoms with Gasteiger partial charge in [0.05, 0.1) is 6.54 Å². The summed E-state index contributed by atoms with van der Waals surface area (Å²) in [4.78, 5) is 4.66. The first-order chi connectivity index (χ1) is 11.8. The predicted octanol–water partition coefficient (Wildman–Crippen LogP) is 1.36. The minimum Gasteiger partial charge on any atom is -0.351 e. The maximum absolute atomic E-state index is 4.26. The fourth-order valence-electron chi connectivity index (χ4n) is 3.26. The van der Waals surface area contributed by atoms with Crippen LogP contribution in [0.15, 0.2) is 18.3 Å². The lowest BCUT2D eigenvalue weighted by Crippen LogP contribution is -2.39. The number of rotatable bonds is 8. The molecule has 1 saturated heterocycles. The minimum absolute atomic E-state index is 0.465. The fourth-order valence-corrected chi connectivity index (χ4v) is 3.26. The lowest BCUT2D eigenvalue weighted by atomic mass is 10.2. The lowest BCUT2D eigenvalue weighted by molar-refractivity contribution is 0.288. The normalized spacial score (nSPS) is 17.8. The van der Waals surface area contributed by atoms with Gasteiger partial charge in [0, 0.05) is 31.9 Å². The van der Waals surface area contributed by atoms with Crippen LogP contribution < -0.4 is 4.90 Å². The molecule has 1 fully saturated rings. The molecule has 3 heterocycles. The van der Waals surface area contributed by atoms with Crippen molar-refractivity contribution in [3.63, 3.8) is 0 Å². The second-order valence-electron chi connectivity index (χ2n) is 6.44. The molecule has 130 valence electrons. The van der Waals surface area contributed by atoms with Crippen molar-refractivity contribution < 1.29 is 0 Å². The first kappa shape index (κ1) is 16.8. The van der Waals surface area contributed by atoms with E-state index in [2.05, 4.69) is 49.5 Å². The second-order valence-corrected chi connectivity index (χ2v) is 6.44. The number of hydrogen-bond donors (Lipinski definition) is 0. The van der Waals surface area contributed by atoms with Gasteiger partial charge in [-0.2, -0.15) is 5.10 Å². The van der Waals surface area contributed by atoms with Crippen molar-refractivity contribution in [2.45, 2.75) is 51.7 Å². The molecule has 0 radical (unpaired) electrons. The van der Waals surface area contributed by atoms with Crippen LogP contribution in [0, 0.1) is 0 Å². The molecule has 1 atom stereocenters. The van der Waals surface area contributed by atoms with Crippen molar-refractivity contribution in [2.24, 2.45) is 0 Å². The van der Waals surface area contributed by atoms with Crippen molar-refractivity contribution in [2.75, 3.05) is 25.0 Å². The zero-order valence-electron chi connectivity index (χ0n) is 14.5.